The first-order chi connectivity index (χ1) is 8.08. The van der Waals surface area contributed by atoms with E-state index in [4.69, 9.17) is 5.73 Å². The fourth-order valence-corrected chi connectivity index (χ4v) is 2.13. The maximum atomic E-state index is 11.4. The van der Waals surface area contributed by atoms with Gasteiger partial charge >= 0.3 is 0 Å². The minimum Gasteiger partial charge on any atom is -0.383 e. The van der Waals surface area contributed by atoms with Crippen LogP contribution in [0.4, 0.5) is 11.6 Å². The van der Waals surface area contributed by atoms with Crippen molar-refractivity contribution in [2.24, 2.45) is 0 Å². The zero-order chi connectivity index (χ0) is 12.4. The molecule has 2 heterocycles. The molecule has 0 saturated carbocycles. The Morgan fingerprint density at radius 1 is 1.59 bits per heavy atom. The number of piperidine rings is 1. The average Bonchev–Trinajstić information content (AvgIpc) is 2.30. The molecular formula is C10H14BrN5O. The summed E-state index contributed by atoms with van der Waals surface area (Å²) in [6.45, 7) is 0.676. The molecule has 3 N–H and O–H groups in total. The van der Waals surface area contributed by atoms with E-state index in [1.165, 1.54) is 6.33 Å². The molecule has 1 unspecified atom stereocenters. The summed E-state index contributed by atoms with van der Waals surface area (Å²) in [4.78, 5) is 21.1. The van der Waals surface area contributed by atoms with Gasteiger partial charge in [0.15, 0.2) is 0 Å². The molecule has 0 spiro atoms. The average molecular weight is 300 g/mol. The first kappa shape index (κ1) is 12.1. The Labute approximate surface area is 108 Å². The number of nitrogens with one attached hydrogen (secondary N) is 1. The Bertz CT molecular complexity index is 439. The Morgan fingerprint density at radius 2 is 2.35 bits per heavy atom. The molecule has 0 aliphatic carbocycles. The van der Waals surface area contributed by atoms with E-state index in [0.717, 1.165) is 6.42 Å². The van der Waals surface area contributed by atoms with Crippen LogP contribution in [0.25, 0.3) is 0 Å². The van der Waals surface area contributed by atoms with Crippen molar-refractivity contribution in [2.75, 3.05) is 24.6 Å². The quantitative estimate of drug-likeness (QED) is 0.846. The number of hydrogen-bond acceptors (Lipinski definition) is 5. The Balaban J connectivity index is 2.06. The smallest absolute Gasteiger partial charge is 0.222 e. The van der Waals surface area contributed by atoms with Crippen LogP contribution in [0.2, 0.25) is 0 Å². The van der Waals surface area contributed by atoms with Gasteiger partial charge in [-0.1, -0.05) is 0 Å². The summed E-state index contributed by atoms with van der Waals surface area (Å²) in [5.74, 6) is 1.26. The molecule has 1 aliphatic heterocycles. The number of carbonyl (C=O) groups is 1. The normalized spacial score (nSPS) is 20.5. The number of rotatable bonds is 2. The lowest BCUT2D eigenvalue weighted by molar-refractivity contribution is -0.132. The first-order valence-corrected chi connectivity index (χ1v) is 6.13. The van der Waals surface area contributed by atoms with E-state index < -0.39 is 0 Å². The van der Waals surface area contributed by atoms with E-state index in [1.54, 1.807) is 11.9 Å². The van der Waals surface area contributed by atoms with E-state index in [0.29, 0.717) is 29.1 Å². The molecule has 0 bridgehead atoms. The number of likely N-dealkylation sites (tertiary alicyclic amines) is 1. The van der Waals surface area contributed by atoms with Crippen LogP contribution in [-0.2, 0) is 4.79 Å². The van der Waals surface area contributed by atoms with Crippen LogP contribution in [0, 0.1) is 0 Å². The lowest BCUT2D eigenvalue weighted by atomic mass is 10.1. The van der Waals surface area contributed by atoms with Gasteiger partial charge in [-0.2, -0.15) is 0 Å². The molecule has 1 amide bonds. The van der Waals surface area contributed by atoms with Gasteiger partial charge in [0.05, 0.1) is 0 Å². The topological polar surface area (TPSA) is 84.1 Å². The number of amides is 1. The summed E-state index contributed by atoms with van der Waals surface area (Å²) < 4.78 is 0.666. The minimum absolute atomic E-state index is 0.185. The van der Waals surface area contributed by atoms with Crippen LogP contribution in [0.1, 0.15) is 12.8 Å². The maximum absolute atomic E-state index is 11.4. The fraction of sp³-hybridized carbons (Fsp3) is 0.500. The van der Waals surface area contributed by atoms with Gasteiger partial charge < -0.3 is 16.0 Å². The molecule has 2 rings (SSSR count). The lowest BCUT2D eigenvalue weighted by Gasteiger charge is -2.30. The fourth-order valence-electron chi connectivity index (χ4n) is 1.81. The molecule has 0 aromatic carbocycles. The van der Waals surface area contributed by atoms with Crippen molar-refractivity contribution >= 4 is 33.5 Å². The van der Waals surface area contributed by atoms with Gasteiger partial charge in [-0.3, -0.25) is 4.79 Å². The van der Waals surface area contributed by atoms with E-state index >= 15 is 0 Å². The molecule has 6 nitrogen and oxygen atoms in total. The number of carbonyl (C=O) groups excluding carboxylic acids is 1. The van der Waals surface area contributed by atoms with Gasteiger partial charge in [0.2, 0.25) is 5.91 Å². The molecular weight excluding hydrogens is 286 g/mol. The minimum atomic E-state index is 0.185. The Hall–Kier alpha value is -1.37. The third-order valence-corrected chi connectivity index (χ3v) is 3.57. The summed E-state index contributed by atoms with van der Waals surface area (Å²) in [6.07, 6.45) is 2.78. The van der Waals surface area contributed by atoms with Gasteiger partial charge in [-0.15, -0.1) is 0 Å². The summed E-state index contributed by atoms with van der Waals surface area (Å²) in [5, 5.41) is 3.27. The third-order valence-electron chi connectivity index (χ3n) is 2.78. The Kier molecular flexibility index (Phi) is 3.46. The monoisotopic (exact) mass is 299 g/mol. The SMILES string of the molecule is CN1CC(Nc2ncnc(N)c2Br)CCC1=O. The largest absolute Gasteiger partial charge is 0.383 e. The van der Waals surface area contributed by atoms with Gasteiger partial charge in [-0.05, 0) is 22.4 Å². The summed E-state index contributed by atoms with van der Waals surface area (Å²) >= 11 is 3.34. The van der Waals surface area contributed by atoms with Crippen molar-refractivity contribution in [3.05, 3.63) is 10.8 Å². The second-order valence-electron chi connectivity index (χ2n) is 4.08. The number of aromatic nitrogens is 2. The summed E-state index contributed by atoms with van der Waals surface area (Å²) in [6, 6.07) is 0.198. The zero-order valence-electron chi connectivity index (χ0n) is 9.48. The molecule has 7 heteroatoms. The lowest BCUT2D eigenvalue weighted by Crippen LogP contribution is -2.43. The van der Waals surface area contributed by atoms with E-state index in [9.17, 15) is 4.79 Å². The number of likely N-dealkylation sites (N-methyl/N-ethyl adjacent to an activating group) is 1. The molecule has 1 aromatic rings. The molecule has 1 aliphatic rings. The maximum Gasteiger partial charge on any atom is 0.222 e. The van der Waals surface area contributed by atoms with Gasteiger partial charge in [0.1, 0.15) is 22.4 Å². The second-order valence-corrected chi connectivity index (χ2v) is 4.87. The molecule has 1 aromatic heterocycles. The predicted octanol–water partition coefficient (Wildman–Crippen LogP) is 0.854. The first-order valence-electron chi connectivity index (χ1n) is 5.34. The standard InChI is InChI=1S/C10H14BrN5O/c1-16-4-6(2-3-7(16)17)15-10-8(11)9(12)13-5-14-10/h5-6H,2-4H2,1H3,(H3,12,13,14,15). The molecule has 1 fully saturated rings. The summed E-state index contributed by atoms with van der Waals surface area (Å²) in [7, 11) is 1.81. The van der Waals surface area contributed by atoms with E-state index in [-0.39, 0.29) is 11.9 Å². The highest BCUT2D eigenvalue weighted by Crippen LogP contribution is 2.25. The molecule has 1 saturated heterocycles. The second kappa shape index (κ2) is 4.87. The van der Waals surface area contributed by atoms with Crippen molar-refractivity contribution in [3.63, 3.8) is 0 Å². The number of halogens is 1. The van der Waals surface area contributed by atoms with Gasteiger partial charge in [0, 0.05) is 26.1 Å². The van der Waals surface area contributed by atoms with Crippen molar-refractivity contribution in [2.45, 2.75) is 18.9 Å². The van der Waals surface area contributed by atoms with Crippen LogP contribution in [0.15, 0.2) is 10.8 Å². The van der Waals surface area contributed by atoms with Crippen molar-refractivity contribution in [1.82, 2.24) is 14.9 Å². The highest BCUT2D eigenvalue weighted by atomic mass is 79.9. The Morgan fingerprint density at radius 3 is 3.06 bits per heavy atom. The number of hydrogen-bond donors (Lipinski definition) is 2. The van der Waals surface area contributed by atoms with E-state index in [2.05, 4.69) is 31.2 Å². The number of nitrogens with zero attached hydrogens (tertiary/aromatic N) is 3. The molecule has 17 heavy (non-hydrogen) atoms. The van der Waals surface area contributed by atoms with Gasteiger partial charge in [0.25, 0.3) is 0 Å². The highest BCUT2D eigenvalue weighted by molar-refractivity contribution is 9.10. The molecule has 1 atom stereocenters. The highest BCUT2D eigenvalue weighted by Gasteiger charge is 2.23. The van der Waals surface area contributed by atoms with E-state index in [1.807, 2.05) is 0 Å². The van der Waals surface area contributed by atoms with Gasteiger partial charge in [-0.25, -0.2) is 9.97 Å². The number of nitrogen functional groups attached to an aromatic ring is 1. The summed E-state index contributed by atoms with van der Waals surface area (Å²) in [5.41, 5.74) is 5.67. The van der Waals surface area contributed by atoms with Crippen LogP contribution in [-0.4, -0.2) is 40.4 Å². The van der Waals surface area contributed by atoms with Crippen molar-refractivity contribution in [1.29, 1.82) is 0 Å². The molecule has 0 radical (unpaired) electrons. The predicted molar refractivity (Wildman–Crippen MR) is 68.4 cm³/mol. The zero-order valence-corrected chi connectivity index (χ0v) is 11.1. The third kappa shape index (κ3) is 2.66. The molecule has 92 valence electrons. The van der Waals surface area contributed by atoms with Crippen LogP contribution < -0.4 is 11.1 Å². The van der Waals surface area contributed by atoms with Crippen LogP contribution in [0.3, 0.4) is 0 Å². The number of anilines is 2. The van der Waals surface area contributed by atoms with Crippen LogP contribution in [0.5, 0.6) is 0 Å². The van der Waals surface area contributed by atoms with Crippen LogP contribution >= 0.6 is 15.9 Å². The van der Waals surface area contributed by atoms with Crippen molar-refractivity contribution in [3.8, 4) is 0 Å². The van der Waals surface area contributed by atoms with Crippen molar-refractivity contribution < 1.29 is 4.79 Å². The number of nitrogens with two attached hydrogens (primary N) is 1.